The maximum absolute atomic E-state index is 13.0. The molecule has 3 aromatic carbocycles. The van der Waals surface area contributed by atoms with Crippen molar-refractivity contribution in [3.05, 3.63) is 88.9 Å². The van der Waals surface area contributed by atoms with Crippen LogP contribution in [0.4, 0.5) is 0 Å². The second-order valence-corrected chi connectivity index (χ2v) is 10.0. The van der Waals surface area contributed by atoms with Crippen LogP contribution in [-0.2, 0) is 16.4 Å². The van der Waals surface area contributed by atoms with Crippen LogP contribution in [0.15, 0.2) is 77.7 Å². The molecule has 0 aliphatic heterocycles. The van der Waals surface area contributed by atoms with Crippen LogP contribution in [-0.4, -0.2) is 45.7 Å². The van der Waals surface area contributed by atoms with E-state index in [1.807, 2.05) is 18.2 Å². The summed E-state index contributed by atoms with van der Waals surface area (Å²) < 4.78 is 34.9. The van der Waals surface area contributed by atoms with E-state index in [-0.39, 0.29) is 10.8 Å². The Bertz CT molecular complexity index is 1200. The predicted molar refractivity (Wildman–Crippen MR) is 129 cm³/mol. The quantitative estimate of drug-likeness (QED) is 0.382. The highest BCUT2D eigenvalue weighted by molar-refractivity contribution is 7.90. The molecule has 174 valence electrons. The van der Waals surface area contributed by atoms with Crippen LogP contribution >= 0.6 is 11.6 Å². The fourth-order valence-corrected chi connectivity index (χ4v) is 3.89. The summed E-state index contributed by atoms with van der Waals surface area (Å²) in [6.07, 6.45) is 1.74. The summed E-state index contributed by atoms with van der Waals surface area (Å²) in [6.45, 7) is 1.14. The largest absolute Gasteiger partial charge is 0.493 e. The molecule has 0 spiro atoms. The number of hydrogen-bond acceptors (Lipinski definition) is 5. The van der Waals surface area contributed by atoms with Gasteiger partial charge in [0.1, 0.15) is 18.1 Å². The van der Waals surface area contributed by atoms with Crippen LogP contribution < -0.4 is 9.47 Å². The van der Waals surface area contributed by atoms with Gasteiger partial charge >= 0.3 is 0 Å². The normalized spacial score (nSPS) is 11.1. The van der Waals surface area contributed by atoms with Gasteiger partial charge in [-0.2, -0.15) is 0 Å². The van der Waals surface area contributed by atoms with E-state index in [1.165, 1.54) is 12.1 Å². The highest BCUT2D eigenvalue weighted by atomic mass is 35.5. The summed E-state index contributed by atoms with van der Waals surface area (Å²) >= 11 is 5.92. The first-order valence-corrected chi connectivity index (χ1v) is 12.7. The highest BCUT2D eigenvalue weighted by Crippen LogP contribution is 2.22. The number of para-hydroxylation sites is 1. The summed E-state index contributed by atoms with van der Waals surface area (Å²) in [5.74, 6) is 0.840. The average molecular weight is 488 g/mol. The average Bonchev–Trinajstić information content (AvgIpc) is 2.81. The molecule has 0 radical (unpaired) electrons. The van der Waals surface area contributed by atoms with Crippen molar-refractivity contribution >= 4 is 27.3 Å². The van der Waals surface area contributed by atoms with Crippen LogP contribution in [0.1, 0.15) is 22.3 Å². The minimum Gasteiger partial charge on any atom is -0.493 e. The Kier molecular flexibility index (Phi) is 8.36. The van der Waals surface area contributed by atoms with E-state index in [2.05, 4.69) is 0 Å². The Balaban J connectivity index is 1.53. The van der Waals surface area contributed by atoms with Gasteiger partial charge in [0.2, 0.25) is 0 Å². The Morgan fingerprint density at radius 1 is 0.970 bits per heavy atom. The number of hydrogen-bond donors (Lipinski definition) is 0. The van der Waals surface area contributed by atoms with Crippen molar-refractivity contribution < 1.29 is 22.7 Å². The molecule has 8 heteroatoms. The van der Waals surface area contributed by atoms with Crippen molar-refractivity contribution in [1.29, 1.82) is 0 Å². The van der Waals surface area contributed by atoms with E-state index < -0.39 is 9.84 Å². The smallest absolute Gasteiger partial charge is 0.257 e. The zero-order valence-electron chi connectivity index (χ0n) is 18.5. The maximum Gasteiger partial charge on any atom is 0.257 e. The summed E-state index contributed by atoms with van der Waals surface area (Å²) in [7, 11) is -1.57. The number of nitrogens with zero attached hydrogens (tertiary/aromatic N) is 1. The minimum absolute atomic E-state index is 0.152. The third-order valence-corrected chi connectivity index (χ3v) is 6.27. The Morgan fingerprint density at radius 3 is 2.42 bits per heavy atom. The van der Waals surface area contributed by atoms with Crippen LogP contribution in [0.5, 0.6) is 11.5 Å². The third-order valence-electron chi connectivity index (χ3n) is 4.91. The molecular weight excluding hydrogens is 462 g/mol. The third kappa shape index (κ3) is 7.23. The molecule has 3 rings (SSSR count). The van der Waals surface area contributed by atoms with Gasteiger partial charge in [-0.15, -0.1) is 0 Å². The van der Waals surface area contributed by atoms with Crippen LogP contribution in [0.3, 0.4) is 0 Å². The maximum atomic E-state index is 13.0. The molecule has 0 aliphatic carbocycles. The molecule has 6 nitrogen and oxygen atoms in total. The van der Waals surface area contributed by atoms with Crippen molar-refractivity contribution in [2.45, 2.75) is 17.9 Å². The summed E-state index contributed by atoms with van der Waals surface area (Å²) in [6, 6.07) is 20.9. The van der Waals surface area contributed by atoms with Crippen LogP contribution in [0.2, 0.25) is 5.02 Å². The highest BCUT2D eigenvalue weighted by Gasteiger charge is 2.16. The van der Waals surface area contributed by atoms with Gasteiger partial charge in [-0.25, -0.2) is 8.42 Å². The van der Waals surface area contributed by atoms with E-state index >= 15 is 0 Å². The molecule has 0 N–H and O–H groups in total. The molecule has 0 aliphatic rings. The minimum atomic E-state index is -3.29. The molecule has 0 aromatic heterocycles. The number of carbonyl (C=O) groups excluding carboxylic acids is 1. The van der Waals surface area contributed by atoms with Crippen molar-refractivity contribution in [2.24, 2.45) is 0 Å². The first-order chi connectivity index (χ1) is 15.7. The molecule has 33 heavy (non-hydrogen) atoms. The Labute approximate surface area is 199 Å². The van der Waals surface area contributed by atoms with E-state index in [0.29, 0.717) is 48.3 Å². The topological polar surface area (TPSA) is 72.9 Å². The number of rotatable bonds is 10. The lowest BCUT2D eigenvalue weighted by Crippen LogP contribution is -2.29. The van der Waals surface area contributed by atoms with Gasteiger partial charge in [0, 0.05) is 24.9 Å². The Hall–Kier alpha value is -3.03. The monoisotopic (exact) mass is 487 g/mol. The second-order valence-electron chi connectivity index (χ2n) is 7.59. The lowest BCUT2D eigenvalue weighted by molar-refractivity contribution is 0.0783. The second kappa shape index (κ2) is 11.2. The molecule has 0 heterocycles. The summed E-state index contributed by atoms with van der Waals surface area (Å²) in [4.78, 5) is 14.8. The predicted octanol–water partition coefficient (Wildman–Crippen LogP) is 4.86. The van der Waals surface area contributed by atoms with Gasteiger partial charge in [0.15, 0.2) is 9.84 Å². The van der Waals surface area contributed by atoms with Crippen molar-refractivity contribution in [2.75, 3.05) is 26.5 Å². The number of sulfone groups is 1. The molecule has 0 bridgehead atoms. The molecule has 0 atom stereocenters. The fraction of sp³-hybridized carbons (Fsp3) is 0.240. The first kappa shape index (κ1) is 24.6. The molecule has 1 amide bonds. The first-order valence-electron chi connectivity index (χ1n) is 10.4. The lowest BCUT2D eigenvalue weighted by atomic mass is 10.1. The molecule has 0 saturated heterocycles. The number of ether oxygens (including phenoxy) is 2. The summed E-state index contributed by atoms with van der Waals surface area (Å²) in [5, 5.41) is 0.656. The molecule has 0 fully saturated rings. The van der Waals surface area contributed by atoms with Gasteiger partial charge < -0.3 is 14.4 Å². The van der Waals surface area contributed by atoms with Crippen molar-refractivity contribution in [3.8, 4) is 11.5 Å². The zero-order chi connectivity index (χ0) is 23.8. The molecule has 0 unspecified atom stereocenters. The summed E-state index contributed by atoms with van der Waals surface area (Å²) in [5.41, 5.74) is 1.43. The van der Waals surface area contributed by atoms with E-state index in [1.54, 1.807) is 54.4 Å². The van der Waals surface area contributed by atoms with Crippen molar-refractivity contribution in [1.82, 2.24) is 4.90 Å². The number of carbonyl (C=O) groups is 1. The van der Waals surface area contributed by atoms with Crippen LogP contribution in [0.25, 0.3) is 0 Å². The zero-order valence-corrected chi connectivity index (χ0v) is 20.1. The van der Waals surface area contributed by atoms with Gasteiger partial charge in [-0.3, -0.25) is 4.79 Å². The Morgan fingerprint density at radius 2 is 1.70 bits per heavy atom. The van der Waals surface area contributed by atoms with Gasteiger partial charge in [-0.1, -0.05) is 41.9 Å². The van der Waals surface area contributed by atoms with E-state index in [0.717, 1.165) is 11.8 Å². The van der Waals surface area contributed by atoms with E-state index in [4.69, 9.17) is 21.1 Å². The van der Waals surface area contributed by atoms with Gasteiger partial charge in [0.25, 0.3) is 5.91 Å². The molecular formula is C25H26ClNO5S. The number of amides is 1. The SMILES string of the molecule is CN(CCCOc1cccc(S(C)(=O)=O)c1)C(=O)c1ccccc1OCc1ccc(Cl)cc1. The number of halogens is 1. The van der Waals surface area contributed by atoms with E-state index in [9.17, 15) is 13.2 Å². The molecule has 3 aromatic rings. The van der Waals surface area contributed by atoms with Gasteiger partial charge in [-0.05, 0) is 54.4 Å². The van der Waals surface area contributed by atoms with Crippen molar-refractivity contribution in [3.63, 3.8) is 0 Å². The fourth-order valence-electron chi connectivity index (χ4n) is 3.10. The number of benzene rings is 3. The standard InChI is InChI=1S/C25H26ClNO5S/c1-27(15-6-16-31-21-7-5-8-22(17-21)33(2,29)30)25(28)23-9-3-4-10-24(23)32-18-19-11-13-20(26)14-12-19/h3-5,7-14,17H,6,15-16,18H2,1-2H3. The van der Waals surface area contributed by atoms with Crippen LogP contribution in [0, 0.1) is 0 Å². The van der Waals surface area contributed by atoms with Gasteiger partial charge in [0.05, 0.1) is 17.1 Å². The molecule has 0 saturated carbocycles. The lowest BCUT2D eigenvalue weighted by Gasteiger charge is -2.19.